The molecule has 0 aromatic rings. The Balaban J connectivity index is 0.000000352. The van der Waals surface area contributed by atoms with Crippen LogP contribution in [0.4, 0.5) is 0 Å². The predicted octanol–water partition coefficient (Wildman–Crippen LogP) is 2.43. The van der Waals surface area contributed by atoms with Gasteiger partial charge in [0.25, 0.3) is 0 Å². The molecule has 0 radical (unpaired) electrons. The highest BCUT2D eigenvalue weighted by Gasteiger charge is 2.20. The summed E-state index contributed by atoms with van der Waals surface area (Å²) in [6.45, 7) is 10.5. The molecule has 2 heterocycles. The van der Waals surface area contributed by atoms with Crippen molar-refractivity contribution in [1.29, 1.82) is 0 Å². The third-order valence-electron chi connectivity index (χ3n) is 3.55. The fraction of sp³-hybridized carbons (Fsp3) is 1.00. The van der Waals surface area contributed by atoms with E-state index in [0.717, 1.165) is 26.6 Å². The molecular formula is C16H35NO3. The van der Waals surface area contributed by atoms with Gasteiger partial charge in [0.1, 0.15) is 0 Å². The lowest BCUT2D eigenvalue weighted by Crippen LogP contribution is -2.29. The lowest BCUT2D eigenvalue weighted by Gasteiger charge is -2.18. The summed E-state index contributed by atoms with van der Waals surface area (Å²) in [6.07, 6.45) is 7.87. The molecule has 1 unspecified atom stereocenters. The number of hydrogen-bond acceptors (Lipinski definition) is 4. The van der Waals surface area contributed by atoms with Crippen LogP contribution in [0.3, 0.4) is 0 Å². The van der Waals surface area contributed by atoms with Gasteiger partial charge in [0.2, 0.25) is 0 Å². The Morgan fingerprint density at radius 1 is 1.15 bits per heavy atom. The number of rotatable bonds is 4. The van der Waals surface area contributed by atoms with Crippen LogP contribution in [0.1, 0.15) is 59.3 Å². The van der Waals surface area contributed by atoms with Gasteiger partial charge in [0.15, 0.2) is 0 Å². The molecular weight excluding hydrogens is 254 g/mol. The summed E-state index contributed by atoms with van der Waals surface area (Å²) in [5.41, 5.74) is -0.450. The maximum atomic E-state index is 9.02. The lowest BCUT2D eigenvalue weighted by molar-refractivity contribution is 0.0703. The smallest absolute Gasteiger partial charge is 0.0702 e. The van der Waals surface area contributed by atoms with Gasteiger partial charge in [0, 0.05) is 20.3 Å². The average Bonchev–Trinajstić information content (AvgIpc) is 3.05. The first-order valence-corrected chi connectivity index (χ1v) is 8.02. The molecule has 0 aromatic heterocycles. The number of likely N-dealkylation sites (tertiary alicyclic amines) is 1. The van der Waals surface area contributed by atoms with Gasteiger partial charge >= 0.3 is 0 Å². The monoisotopic (exact) mass is 289 g/mol. The third-order valence-corrected chi connectivity index (χ3v) is 3.55. The van der Waals surface area contributed by atoms with E-state index >= 15 is 0 Å². The van der Waals surface area contributed by atoms with Crippen molar-refractivity contribution in [1.82, 2.24) is 4.90 Å². The van der Waals surface area contributed by atoms with Crippen LogP contribution in [-0.2, 0) is 4.74 Å². The lowest BCUT2D eigenvalue weighted by atomic mass is 10.0. The van der Waals surface area contributed by atoms with E-state index in [2.05, 4.69) is 11.8 Å². The van der Waals surface area contributed by atoms with Crippen molar-refractivity contribution < 1.29 is 14.9 Å². The highest BCUT2D eigenvalue weighted by molar-refractivity contribution is 4.73. The minimum atomic E-state index is -0.450. The van der Waals surface area contributed by atoms with Gasteiger partial charge in [0.05, 0.1) is 11.7 Å². The molecule has 4 nitrogen and oxygen atoms in total. The standard InChI is InChI=1S/C9H17NO.C6H14O.CH4O/c1-2-6-10(5-1)8-9-4-3-7-11-9;1-4-5-6(2,3)7;1-2/h9H,1-8H2;7H,4-5H2,1-3H3;2H,1H3. The molecule has 0 amide bonds. The van der Waals surface area contributed by atoms with Crippen molar-refractivity contribution in [3.8, 4) is 0 Å². The quantitative estimate of drug-likeness (QED) is 0.834. The molecule has 122 valence electrons. The molecule has 0 bridgehead atoms. The van der Waals surface area contributed by atoms with Gasteiger partial charge in [-0.2, -0.15) is 0 Å². The number of nitrogens with zero attached hydrogens (tertiary/aromatic N) is 1. The Bertz CT molecular complexity index is 190. The van der Waals surface area contributed by atoms with Crippen LogP contribution >= 0.6 is 0 Å². The Morgan fingerprint density at radius 2 is 1.75 bits per heavy atom. The van der Waals surface area contributed by atoms with Crippen LogP contribution in [0.25, 0.3) is 0 Å². The zero-order chi connectivity index (χ0) is 15.4. The second-order valence-corrected chi connectivity index (χ2v) is 6.21. The summed E-state index contributed by atoms with van der Waals surface area (Å²) in [5, 5.41) is 16.0. The van der Waals surface area contributed by atoms with Gasteiger partial charge < -0.3 is 19.8 Å². The first-order valence-electron chi connectivity index (χ1n) is 8.02. The highest BCUT2D eigenvalue weighted by atomic mass is 16.5. The fourth-order valence-electron chi connectivity index (χ4n) is 2.65. The fourth-order valence-corrected chi connectivity index (χ4v) is 2.65. The molecule has 0 saturated carbocycles. The summed E-state index contributed by atoms with van der Waals surface area (Å²) in [5.74, 6) is 0. The molecule has 2 N–H and O–H groups in total. The number of aliphatic hydroxyl groups is 2. The maximum Gasteiger partial charge on any atom is 0.0702 e. The molecule has 2 saturated heterocycles. The highest BCUT2D eigenvalue weighted by Crippen LogP contribution is 2.16. The SMILES string of the molecule is C1COC(CN2CCCC2)C1.CCCC(C)(C)O.CO. The second kappa shape index (κ2) is 11.5. The summed E-state index contributed by atoms with van der Waals surface area (Å²) in [7, 11) is 1.00. The number of hydrogen-bond donors (Lipinski definition) is 2. The van der Waals surface area contributed by atoms with Crippen LogP contribution < -0.4 is 0 Å². The van der Waals surface area contributed by atoms with E-state index < -0.39 is 5.60 Å². The van der Waals surface area contributed by atoms with Crippen molar-refractivity contribution in [3.05, 3.63) is 0 Å². The van der Waals surface area contributed by atoms with E-state index in [1.165, 1.54) is 45.3 Å². The molecule has 2 aliphatic heterocycles. The third kappa shape index (κ3) is 10.6. The largest absolute Gasteiger partial charge is 0.400 e. The first-order chi connectivity index (χ1) is 9.51. The summed E-state index contributed by atoms with van der Waals surface area (Å²) in [6, 6.07) is 0. The van der Waals surface area contributed by atoms with Gasteiger partial charge in [-0.15, -0.1) is 0 Å². The molecule has 2 fully saturated rings. The van der Waals surface area contributed by atoms with Crippen molar-refractivity contribution in [3.63, 3.8) is 0 Å². The van der Waals surface area contributed by atoms with Crippen LogP contribution in [-0.4, -0.2) is 60.2 Å². The first kappa shape index (κ1) is 19.8. The summed E-state index contributed by atoms with van der Waals surface area (Å²) < 4.78 is 5.57. The minimum Gasteiger partial charge on any atom is -0.400 e. The molecule has 20 heavy (non-hydrogen) atoms. The molecule has 2 rings (SSSR count). The van der Waals surface area contributed by atoms with Crippen molar-refractivity contribution in [2.24, 2.45) is 0 Å². The molecule has 1 atom stereocenters. The second-order valence-electron chi connectivity index (χ2n) is 6.21. The maximum absolute atomic E-state index is 9.02. The van der Waals surface area contributed by atoms with Gasteiger partial charge in [-0.05, 0) is 59.0 Å². The average molecular weight is 289 g/mol. The summed E-state index contributed by atoms with van der Waals surface area (Å²) >= 11 is 0. The topological polar surface area (TPSA) is 52.9 Å². The van der Waals surface area contributed by atoms with E-state index in [1.54, 1.807) is 0 Å². The zero-order valence-corrected chi connectivity index (χ0v) is 13.9. The Kier molecular flexibility index (Phi) is 11.4. The minimum absolute atomic E-state index is 0.450. The van der Waals surface area contributed by atoms with Gasteiger partial charge in [-0.1, -0.05) is 13.3 Å². The zero-order valence-electron chi connectivity index (χ0n) is 13.9. The molecule has 0 aromatic carbocycles. The van der Waals surface area contributed by atoms with E-state index in [1.807, 2.05) is 13.8 Å². The van der Waals surface area contributed by atoms with Crippen molar-refractivity contribution >= 4 is 0 Å². The van der Waals surface area contributed by atoms with Gasteiger partial charge in [-0.3, -0.25) is 0 Å². The van der Waals surface area contributed by atoms with Gasteiger partial charge in [-0.25, -0.2) is 0 Å². The van der Waals surface area contributed by atoms with E-state index in [9.17, 15) is 0 Å². The Labute approximate surface area is 125 Å². The van der Waals surface area contributed by atoms with E-state index in [0.29, 0.717) is 6.10 Å². The molecule has 4 heteroatoms. The van der Waals surface area contributed by atoms with Crippen LogP contribution in [0, 0.1) is 0 Å². The predicted molar refractivity (Wildman–Crippen MR) is 84.0 cm³/mol. The molecule has 0 spiro atoms. The summed E-state index contributed by atoms with van der Waals surface area (Å²) in [4.78, 5) is 2.54. The molecule has 2 aliphatic rings. The normalized spacial score (nSPS) is 22.8. The molecule has 0 aliphatic carbocycles. The Hall–Kier alpha value is -0.160. The van der Waals surface area contributed by atoms with Crippen LogP contribution in [0.5, 0.6) is 0 Å². The van der Waals surface area contributed by atoms with Crippen molar-refractivity contribution in [2.45, 2.75) is 71.0 Å². The van der Waals surface area contributed by atoms with Crippen LogP contribution in [0.15, 0.2) is 0 Å². The van der Waals surface area contributed by atoms with Crippen LogP contribution in [0.2, 0.25) is 0 Å². The number of aliphatic hydroxyl groups excluding tert-OH is 1. The van der Waals surface area contributed by atoms with E-state index in [4.69, 9.17) is 14.9 Å². The van der Waals surface area contributed by atoms with E-state index in [-0.39, 0.29) is 0 Å². The Morgan fingerprint density at radius 3 is 2.10 bits per heavy atom. The van der Waals surface area contributed by atoms with Crippen molar-refractivity contribution in [2.75, 3.05) is 33.4 Å². The number of ether oxygens (including phenoxy) is 1.